The number of ketones is 1. The highest BCUT2D eigenvalue weighted by atomic mass is 16.7. The summed E-state index contributed by atoms with van der Waals surface area (Å²) in [6.07, 6.45) is 12.5. The van der Waals surface area contributed by atoms with Crippen LogP contribution in [0, 0.1) is 0 Å². The molecule has 0 radical (unpaired) electrons. The van der Waals surface area contributed by atoms with E-state index in [0.29, 0.717) is 13.0 Å². The van der Waals surface area contributed by atoms with Crippen molar-refractivity contribution in [3.05, 3.63) is 36.0 Å². The van der Waals surface area contributed by atoms with Crippen molar-refractivity contribution in [3.8, 4) is 0 Å². The maximum atomic E-state index is 11.2. The van der Waals surface area contributed by atoms with Crippen LogP contribution in [0.1, 0.15) is 58.8 Å². The number of ether oxygens (including phenoxy) is 2. The maximum absolute atomic E-state index is 11.2. The Labute approximate surface area is 135 Å². The average molecular weight is 306 g/mol. The molecule has 0 bridgehead atoms. The monoisotopic (exact) mass is 306 g/mol. The largest absolute Gasteiger partial charge is 0.353 e. The van der Waals surface area contributed by atoms with Gasteiger partial charge in [-0.05, 0) is 58.4 Å². The summed E-state index contributed by atoms with van der Waals surface area (Å²) in [4.78, 5) is 11.2. The molecule has 1 rings (SSSR count). The summed E-state index contributed by atoms with van der Waals surface area (Å²) < 4.78 is 11.2. The fourth-order valence-corrected chi connectivity index (χ4v) is 2.31. The standard InChI is InChI=1S/C19H30O3/c1-4-18(20)12-11-16(2)8-7-9-17(3)13-15-22-19-10-5-6-14-21-19/h4,8,13,19H,1,5-7,9-12,14-15H2,2-3H3/b16-8+,17-13+. The predicted octanol–water partition coefficient (Wildman–Crippen LogP) is 4.74. The third kappa shape index (κ3) is 8.96. The van der Waals surface area contributed by atoms with Crippen LogP contribution >= 0.6 is 0 Å². The first kappa shape index (κ1) is 18.9. The predicted molar refractivity (Wildman–Crippen MR) is 90.7 cm³/mol. The van der Waals surface area contributed by atoms with Gasteiger partial charge in [-0.15, -0.1) is 0 Å². The maximum Gasteiger partial charge on any atom is 0.157 e. The minimum Gasteiger partial charge on any atom is -0.353 e. The Bertz CT molecular complexity index is 401. The molecule has 0 amide bonds. The van der Waals surface area contributed by atoms with E-state index >= 15 is 0 Å². The minimum absolute atomic E-state index is 0.0117. The molecule has 1 unspecified atom stereocenters. The first-order valence-electron chi connectivity index (χ1n) is 8.31. The molecule has 124 valence electrons. The Morgan fingerprint density at radius 3 is 2.64 bits per heavy atom. The first-order chi connectivity index (χ1) is 10.6. The van der Waals surface area contributed by atoms with Crippen LogP contribution in [0.25, 0.3) is 0 Å². The van der Waals surface area contributed by atoms with Crippen molar-refractivity contribution in [2.24, 2.45) is 0 Å². The van der Waals surface area contributed by atoms with Crippen molar-refractivity contribution in [2.75, 3.05) is 13.2 Å². The van der Waals surface area contributed by atoms with E-state index in [0.717, 1.165) is 38.7 Å². The highest BCUT2D eigenvalue weighted by Gasteiger charge is 2.12. The lowest BCUT2D eigenvalue weighted by Crippen LogP contribution is -2.22. The Hall–Kier alpha value is -1.19. The summed E-state index contributed by atoms with van der Waals surface area (Å²) in [7, 11) is 0. The van der Waals surface area contributed by atoms with Gasteiger partial charge in [-0.1, -0.05) is 29.9 Å². The van der Waals surface area contributed by atoms with E-state index in [1.54, 1.807) is 0 Å². The van der Waals surface area contributed by atoms with Crippen LogP contribution in [0.15, 0.2) is 36.0 Å². The van der Waals surface area contributed by atoms with E-state index in [-0.39, 0.29) is 12.1 Å². The lowest BCUT2D eigenvalue weighted by molar-refractivity contribution is -0.155. The Kier molecular flexibility index (Phi) is 9.76. The topological polar surface area (TPSA) is 35.5 Å². The number of carbonyl (C=O) groups excluding carboxylic acids is 1. The quantitative estimate of drug-likeness (QED) is 0.432. The van der Waals surface area contributed by atoms with Crippen molar-refractivity contribution < 1.29 is 14.3 Å². The fraction of sp³-hybridized carbons (Fsp3) is 0.632. The van der Waals surface area contributed by atoms with Crippen molar-refractivity contribution in [1.29, 1.82) is 0 Å². The van der Waals surface area contributed by atoms with Crippen LogP contribution in [-0.4, -0.2) is 25.3 Å². The molecule has 1 saturated heterocycles. The van der Waals surface area contributed by atoms with Crippen molar-refractivity contribution in [1.82, 2.24) is 0 Å². The molecule has 0 aliphatic carbocycles. The average Bonchev–Trinajstić information content (AvgIpc) is 2.53. The lowest BCUT2D eigenvalue weighted by Gasteiger charge is -2.22. The molecular weight excluding hydrogens is 276 g/mol. The summed E-state index contributed by atoms with van der Waals surface area (Å²) in [6, 6.07) is 0. The Morgan fingerprint density at radius 2 is 1.95 bits per heavy atom. The SMILES string of the molecule is C=CC(=O)CC/C(C)=C/CC/C(C)=C/COC1CCCCO1. The molecular formula is C19H30O3. The van der Waals surface area contributed by atoms with Gasteiger partial charge in [-0.2, -0.15) is 0 Å². The van der Waals surface area contributed by atoms with Crippen LogP contribution in [0.2, 0.25) is 0 Å². The lowest BCUT2D eigenvalue weighted by atomic mass is 10.1. The van der Waals surface area contributed by atoms with Crippen LogP contribution < -0.4 is 0 Å². The van der Waals surface area contributed by atoms with Gasteiger partial charge >= 0.3 is 0 Å². The molecule has 1 heterocycles. The van der Waals surface area contributed by atoms with E-state index < -0.39 is 0 Å². The molecule has 22 heavy (non-hydrogen) atoms. The summed E-state index contributed by atoms with van der Waals surface area (Å²) in [5.41, 5.74) is 2.61. The van der Waals surface area contributed by atoms with Gasteiger partial charge in [-0.3, -0.25) is 4.79 Å². The molecule has 0 spiro atoms. The molecule has 1 atom stereocenters. The third-order valence-electron chi connectivity index (χ3n) is 3.88. The number of allylic oxidation sites excluding steroid dienone is 4. The van der Waals surface area contributed by atoms with Crippen molar-refractivity contribution in [2.45, 2.75) is 65.1 Å². The van der Waals surface area contributed by atoms with E-state index in [4.69, 9.17) is 9.47 Å². The summed E-state index contributed by atoms with van der Waals surface area (Å²) in [6.45, 7) is 9.16. The van der Waals surface area contributed by atoms with Crippen molar-refractivity contribution in [3.63, 3.8) is 0 Å². The summed E-state index contributed by atoms with van der Waals surface area (Å²) in [5.74, 6) is 0.117. The van der Waals surface area contributed by atoms with Crippen LogP contribution in [-0.2, 0) is 14.3 Å². The van der Waals surface area contributed by atoms with Crippen LogP contribution in [0.5, 0.6) is 0 Å². The van der Waals surface area contributed by atoms with Crippen LogP contribution in [0.3, 0.4) is 0 Å². The van der Waals surface area contributed by atoms with Crippen LogP contribution in [0.4, 0.5) is 0 Å². The molecule has 3 heteroatoms. The van der Waals surface area contributed by atoms with Gasteiger partial charge in [0.15, 0.2) is 12.1 Å². The van der Waals surface area contributed by atoms with E-state index in [2.05, 4.69) is 32.6 Å². The summed E-state index contributed by atoms with van der Waals surface area (Å²) in [5, 5.41) is 0. The molecule has 0 N–H and O–H groups in total. The zero-order chi connectivity index (χ0) is 16.2. The smallest absolute Gasteiger partial charge is 0.157 e. The number of hydrogen-bond acceptors (Lipinski definition) is 3. The van der Waals surface area contributed by atoms with E-state index in [1.165, 1.54) is 23.6 Å². The van der Waals surface area contributed by atoms with Gasteiger partial charge in [0, 0.05) is 13.0 Å². The second-order valence-corrected chi connectivity index (χ2v) is 5.94. The normalized spacial score (nSPS) is 20.0. The number of hydrogen-bond donors (Lipinski definition) is 0. The highest BCUT2D eigenvalue weighted by molar-refractivity contribution is 5.89. The zero-order valence-electron chi connectivity index (χ0n) is 14.1. The fourth-order valence-electron chi connectivity index (χ4n) is 2.31. The minimum atomic E-state index is -0.0117. The molecule has 1 aliphatic heterocycles. The van der Waals surface area contributed by atoms with Gasteiger partial charge in [0.1, 0.15) is 0 Å². The van der Waals surface area contributed by atoms with Gasteiger partial charge in [0.05, 0.1) is 6.61 Å². The number of carbonyl (C=O) groups is 1. The zero-order valence-corrected chi connectivity index (χ0v) is 14.1. The Morgan fingerprint density at radius 1 is 1.18 bits per heavy atom. The molecule has 0 aromatic rings. The molecule has 0 aromatic heterocycles. The third-order valence-corrected chi connectivity index (χ3v) is 3.88. The van der Waals surface area contributed by atoms with E-state index in [1.807, 2.05) is 0 Å². The highest BCUT2D eigenvalue weighted by Crippen LogP contribution is 2.14. The molecule has 0 saturated carbocycles. The number of rotatable bonds is 10. The molecule has 3 nitrogen and oxygen atoms in total. The summed E-state index contributed by atoms with van der Waals surface area (Å²) >= 11 is 0. The van der Waals surface area contributed by atoms with Crippen molar-refractivity contribution >= 4 is 5.78 Å². The molecule has 1 aliphatic rings. The second kappa shape index (κ2) is 11.4. The first-order valence-corrected chi connectivity index (χ1v) is 8.31. The van der Waals surface area contributed by atoms with E-state index in [9.17, 15) is 4.79 Å². The second-order valence-electron chi connectivity index (χ2n) is 5.94. The molecule has 0 aromatic carbocycles. The Balaban J connectivity index is 2.15. The van der Waals surface area contributed by atoms with Gasteiger partial charge in [-0.25, -0.2) is 0 Å². The molecule has 1 fully saturated rings. The van der Waals surface area contributed by atoms with Gasteiger partial charge in [0.2, 0.25) is 0 Å². The van der Waals surface area contributed by atoms with Gasteiger partial charge < -0.3 is 9.47 Å². The van der Waals surface area contributed by atoms with Gasteiger partial charge in [0.25, 0.3) is 0 Å².